The highest BCUT2D eigenvalue weighted by atomic mass is 16.5. The van der Waals surface area contributed by atoms with Crippen LogP contribution in [0.25, 0.3) is 0 Å². The number of aromatic nitrogens is 3. The van der Waals surface area contributed by atoms with Crippen LogP contribution in [0.1, 0.15) is 19.8 Å². The number of hydrogen-bond donors (Lipinski definition) is 2. The van der Waals surface area contributed by atoms with Gasteiger partial charge < -0.3 is 20.1 Å². The molecule has 7 heteroatoms. The molecule has 0 aromatic carbocycles. The van der Waals surface area contributed by atoms with Crippen molar-refractivity contribution in [3.63, 3.8) is 0 Å². The van der Waals surface area contributed by atoms with Crippen LogP contribution in [0.15, 0.2) is 0 Å². The maximum absolute atomic E-state index is 9.15. The first-order valence-electron chi connectivity index (χ1n) is 6.66. The quantitative estimate of drug-likeness (QED) is 0.804. The topological polar surface area (TPSA) is 83.4 Å². The van der Waals surface area contributed by atoms with Crippen molar-refractivity contribution in [3.8, 4) is 6.01 Å². The molecule has 0 atom stereocenters. The van der Waals surface area contributed by atoms with E-state index in [4.69, 9.17) is 9.84 Å². The first-order chi connectivity index (χ1) is 9.26. The molecule has 19 heavy (non-hydrogen) atoms. The highest BCUT2D eigenvalue weighted by Crippen LogP contribution is 2.22. The van der Waals surface area contributed by atoms with Gasteiger partial charge in [0.25, 0.3) is 0 Å². The summed E-state index contributed by atoms with van der Waals surface area (Å²) >= 11 is 0. The minimum atomic E-state index is 0.261. The van der Waals surface area contributed by atoms with Crippen LogP contribution in [0.4, 0.5) is 11.9 Å². The Hall–Kier alpha value is -1.63. The molecule has 1 aliphatic heterocycles. The highest BCUT2D eigenvalue weighted by Gasteiger charge is 2.21. The molecule has 7 nitrogen and oxygen atoms in total. The third-order valence-corrected chi connectivity index (χ3v) is 3.28. The van der Waals surface area contributed by atoms with Crippen LogP contribution < -0.4 is 15.0 Å². The molecule has 0 bridgehead atoms. The van der Waals surface area contributed by atoms with Crippen LogP contribution in [0, 0.1) is 5.92 Å². The molecular weight excluding hydrogens is 246 g/mol. The van der Waals surface area contributed by atoms with Gasteiger partial charge in [-0.2, -0.15) is 15.0 Å². The van der Waals surface area contributed by atoms with Crippen LogP contribution in [0.2, 0.25) is 0 Å². The fraction of sp³-hybridized carbons (Fsp3) is 0.750. The van der Waals surface area contributed by atoms with Crippen LogP contribution in [0.3, 0.4) is 0 Å². The minimum absolute atomic E-state index is 0.261. The lowest BCUT2D eigenvalue weighted by Crippen LogP contribution is -2.36. The van der Waals surface area contributed by atoms with Gasteiger partial charge in [-0.1, -0.05) is 0 Å². The number of ether oxygens (including phenoxy) is 1. The monoisotopic (exact) mass is 267 g/mol. The molecule has 106 valence electrons. The van der Waals surface area contributed by atoms with Crippen molar-refractivity contribution in [1.29, 1.82) is 0 Å². The molecule has 1 aromatic heterocycles. The molecule has 0 aliphatic carbocycles. The van der Waals surface area contributed by atoms with Crippen LogP contribution in [-0.4, -0.2) is 53.4 Å². The number of methoxy groups -OCH3 is 1. The Kier molecular flexibility index (Phi) is 4.73. The lowest BCUT2D eigenvalue weighted by atomic mass is 9.98. The van der Waals surface area contributed by atoms with Gasteiger partial charge in [0.2, 0.25) is 11.9 Å². The minimum Gasteiger partial charge on any atom is -0.467 e. The van der Waals surface area contributed by atoms with Gasteiger partial charge in [0, 0.05) is 26.2 Å². The molecule has 1 aromatic rings. The number of hydrogen-bond acceptors (Lipinski definition) is 7. The molecule has 1 aliphatic rings. The number of piperidine rings is 1. The Balaban J connectivity index is 2.12. The van der Waals surface area contributed by atoms with E-state index in [1.165, 1.54) is 0 Å². The molecule has 0 amide bonds. The maximum atomic E-state index is 9.15. The summed E-state index contributed by atoms with van der Waals surface area (Å²) in [6.07, 6.45) is 1.92. The summed E-state index contributed by atoms with van der Waals surface area (Å²) in [6, 6.07) is 0.324. The summed E-state index contributed by atoms with van der Waals surface area (Å²) in [7, 11) is 1.55. The maximum Gasteiger partial charge on any atom is 0.322 e. The van der Waals surface area contributed by atoms with Gasteiger partial charge in [0.05, 0.1) is 7.11 Å². The smallest absolute Gasteiger partial charge is 0.322 e. The number of aliphatic hydroxyl groups excluding tert-OH is 1. The molecule has 0 radical (unpaired) electrons. The Morgan fingerprint density at radius 3 is 2.63 bits per heavy atom. The Morgan fingerprint density at radius 1 is 1.32 bits per heavy atom. The molecule has 1 saturated heterocycles. The lowest BCUT2D eigenvalue weighted by Gasteiger charge is -2.31. The van der Waals surface area contributed by atoms with Crippen LogP contribution in [-0.2, 0) is 0 Å². The Bertz CT molecular complexity index is 407. The summed E-state index contributed by atoms with van der Waals surface area (Å²) in [4.78, 5) is 14.9. The van der Waals surface area contributed by atoms with E-state index in [1.54, 1.807) is 7.11 Å². The largest absolute Gasteiger partial charge is 0.467 e. The van der Waals surface area contributed by atoms with Crippen molar-refractivity contribution < 1.29 is 9.84 Å². The van der Waals surface area contributed by atoms with Gasteiger partial charge in [-0.15, -0.1) is 0 Å². The average Bonchev–Trinajstić information content (AvgIpc) is 2.47. The zero-order chi connectivity index (χ0) is 13.7. The van der Waals surface area contributed by atoms with E-state index in [9.17, 15) is 0 Å². The second kappa shape index (κ2) is 6.51. The molecule has 2 heterocycles. The van der Waals surface area contributed by atoms with Crippen LogP contribution >= 0.6 is 0 Å². The lowest BCUT2D eigenvalue weighted by molar-refractivity contribution is 0.202. The highest BCUT2D eigenvalue weighted by molar-refractivity contribution is 5.38. The predicted octanol–water partition coefficient (Wildman–Crippen LogP) is 0.521. The van der Waals surface area contributed by atoms with Crippen molar-refractivity contribution in [2.24, 2.45) is 5.92 Å². The fourth-order valence-electron chi connectivity index (χ4n) is 2.13. The van der Waals surface area contributed by atoms with Gasteiger partial charge in [-0.05, 0) is 25.7 Å². The molecule has 0 saturated carbocycles. The molecule has 0 spiro atoms. The third kappa shape index (κ3) is 3.44. The van der Waals surface area contributed by atoms with Crippen molar-refractivity contribution in [3.05, 3.63) is 0 Å². The molecule has 0 unspecified atom stereocenters. The van der Waals surface area contributed by atoms with Gasteiger partial charge in [-0.3, -0.25) is 0 Å². The number of nitrogens with one attached hydrogen (secondary N) is 1. The van der Waals surface area contributed by atoms with Crippen molar-refractivity contribution in [1.82, 2.24) is 15.0 Å². The normalized spacial score (nSPS) is 16.5. The van der Waals surface area contributed by atoms with E-state index in [0.29, 0.717) is 23.8 Å². The van der Waals surface area contributed by atoms with Crippen molar-refractivity contribution in [2.45, 2.75) is 19.8 Å². The van der Waals surface area contributed by atoms with Gasteiger partial charge in [0.1, 0.15) is 0 Å². The zero-order valence-electron chi connectivity index (χ0n) is 11.5. The fourth-order valence-corrected chi connectivity index (χ4v) is 2.13. The summed E-state index contributed by atoms with van der Waals surface area (Å²) in [5.74, 6) is 1.57. The van der Waals surface area contributed by atoms with Crippen molar-refractivity contribution >= 4 is 11.9 Å². The van der Waals surface area contributed by atoms with E-state index in [1.807, 2.05) is 6.92 Å². The Morgan fingerprint density at radius 2 is 2.05 bits per heavy atom. The number of rotatable bonds is 5. The second-order valence-electron chi connectivity index (χ2n) is 4.59. The SMILES string of the molecule is CCNc1nc(OC)nc(N2CCC(CO)CC2)n1. The molecule has 2 rings (SSSR count). The number of nitrogens with zero attached hydrogens (tertiary/aromatic N) is 4. The van der Waals surface area contributed by atoms with E-state index < -0.39 is 0 Å². The average molecular weight is 267 g/mol. The third-order valence-electron chi connectivity index (χ3n) is 3.28. The number of anilines is 2. The standard InChI is InChI=1S/C12H21N5O2/c1-3-13-10-14-11(16-12(15-10)19-2)17-6-4-9(8-18)5-7-17/h9,18H,3-8H2,1-2H3,(H,13,14,15,16). The van der Waals surface area contributed by atoms with Gasteiger partial charge in [-0.25, -0.2) is 0 Å². The van der Waals surface area contributed by atoms with Gasteiger partial charge in [0.15, 0.2) is 0 Å². The van der Waals surface area contributed by atoms with Crippen LogP contribution in [0.5, 0.6) is 6.01 Å². The van der Waals surface area contributed by atoms with Crippen molar-refractivity contribution in [2.75, 3.05) is 43.6 Å². The number of aliphatic hydroxyl groups is 1. The zero-order valence-corrected chi connectivity index (χ0v) is 11.5. The molecule has 1 fully saturated rings. The Labute approximate surface area is 113 Å². The molecule has 2 N–H and O–H groups in total. The first-order valence-corrected chi connectivity index (χ1v) is 6.66. The first kappa shape index (κ1) is 13.8. The predicted molar refractivity (Wildman–Crippen MR) is 72.6 cm³/mol. The van der Waals surface area contributed by atoms with E-state index in [2.05, 4.69) is 25.2 Å². The summed E-state index contributed by atoms with van der Waals surface area (Å²) in [6.45, 7) is 4.70. The summed E-state index contributed by atoms with van der Waals surface area (Å²) in [5.41, 5.74) is 0. The van der Waals surface area contributed by atoms with E-state index >= 15 is 0 Å². The van der Waals surface area contributed by atoms with Gasteiger partial charge >= 0.3 is 6.01 Å². The second-order valence-corrected chi connectivity index (χ2v) is 4.59. The van der Waals surface area contributed by atoms with E-state index in [0.717, 1.165) is 32.5 Å². The summed E-state index contributed by atoms with van der Waals surface area (Å²) in [5, 5.41) is 12.2. The van der Waals surface area contributed by atoms with E-state index in [-0.39, 0.29) is 6.61 Å². The summed E-state index contributed by atoms with van der Waals surface area (Å²) < 4.78 is 5.11. The molecular formula is C12H21N5O2.